The lowest BCUT2D eigenvalue weighted by Crippen LogP contribution is -2.40. The number of nitrogens with zero attached hydrogens (tertiary/aromatic N) is 5. The minimum Gasteiger partial charge on any atom is -0.365 e. The standard InChI is InChI=1S/C22H21F2N7O/c23-16-1-3-18(4-2-16)28-22-19(21(26)32)13-31(29-22)20-5-6-30(12-15(20)8-25)11-14-7-17(24)10-27-9-14/h1-4,7,9-10,13,15,20H,5-6,11-12H2,(H2,26,32)(H,28,29). The molecule has 1 aliphatic heterocycles. The molecule has 0 saturated carbocycles. The van der Waals surface area contributed by atoms with Crippen LogP contribution in [0.15, 0.2) is 48.9 Å². The Hall–Kier alpha value is -3.84. The number of rotatable bonds is 6. The predicted molar refractivity (Wildman–Crippen MR) is 113 cm³/mol. The molecule has 0 radical (unpaired) electrons. The van der Waals surface area contributed by atoms with Gasteiger partial charge < -0.3 is 11.1 Å². The van der Waals surface area contributed by atoms with E-state index in [1.165, 1.54) is 36.5 Å². The fourth-order valence-electron chi connectivity index (χ4n) is 3.90. The molecule has 32 heavy (non-hydrogen) atoms. The van der Waals surface area contributed by atoms with E-state index in [9.17, 15) is 18.8 Å². The average molecular weight is 437 g/mol. The molecular weight excluding hydrogens is 416 g/mol. The van der Waals surface area contributed by atoms with Gasteiger partial charge >= 0.3 is 0 Å². The first-order valence-electron chi connectivity index (χ1n) is 10.1. The molecule has 1 saturated heterocycles. The average Bonchev–Trinajstić information content (AvgIpc) is 3.19. The third-order valence-corrected chi connectivity index (χ3v) is 5.44. The number of likely N-dealkylation sites (tertiary alicyclic amines) is 1. The van der Waals surface area contributed by atoms with Gasteiger partial charge in [-0.2, -0.15) is 10.4 Å². The molecule has 0 bridgehead atoms. The predicted octanol–water partition coefficient (Wildman–Crippen LogP) is 2.99. The molecule has 2 aromatic heterocycles. The third-order valence-electron chi connectivity index (χ3n) is 5.44. The zero-order chi connectivity index (χ0) is 22.7. The molecule has 8 nitrogen and oxygen atoms in total. The van der Waals surface area contributed by atoms with Gasteiger partial charge in [-0.3, -0.25) is 19.4 Å². The van der Waals surface area contributed by atoms with Crippen molar-refractivity contribution in [2.75, 3.05) is 18.4 Å². The van der Waals surface area contributed by atoms with Crippen molar-refractivity contribution in [1.82, 2.24) is 19.7 Å². The maximum Gasteiger partial charge on any atom is 0.254 e. The number of hydrogen-bond donors (Lipinski definition) is 2. The van der Waals surface area contributed by atoms with Gasteiger partial charge in [-0.25, -0.2) is 8.78 Å². The quantitative estimate of drug-likeness (QED) is 0.613. The number of benzene rings is 1. The lowest BCUT2D eigenvalue weighted by atomic mass is 9.93. The van der Waals surface area contributed by atoms with Crippen LogP contribution in [-0.2, 0) is 6.54 Å². The van der Waals surface area contributed by atoms with Crippen LogP contribution in [0.2, 0.25) is 0 Å². The van der Waals surface area contributed by atoms with Crippen molar-refractivity contribution in [3.63, 3.8) is 0 Å². The van der Waals surface area contributed by atoms with Crippen LogP contribution >= 0.6 is 0 Å². The van der Waals surface area contributed by atoms with Gasteiger partial charge in [-0.1, -0.05) is 0 Å². The molecule has 2 atom stereocenters. The van der Waals surface area contributed by atoms with Crippen LogP contribution in [0.3, 0.4) is 0 Å². The molecule has 3 N–H and O–H groups in total. The van der Waals surface area contributed by atoms with Gasteiger partial charge in [0, 0.05) is 37.7 Å². The maximum absolute atomic E-state index is 13.4. The summed E-state index contributed by atoms with van der Waals surface area (Å²) in [5.41, 5.74) is 6.99. The van der Waals surface area contributed by atoms with Crippen molar-refractivity contribution in [3.8, 4) is 6.07 Å². The molecule has 1 aliphatic rings. The summed E-state index contributed by atoms with van der Waals surface area (Å²) in [5.74, 6) is -1.59. The number of anilines is 2. The molecule has 3 aromatic rings. The number of hydrogen-bond acceptors (Lipinski definition) is 6. The Morgan fingerprint density at radius 3 is 2.72 bits per heavy atom. The Kier molecular flexibility index (Phi) is 6.09. The highest BCUT2D eigenvalue weighted by Gasteiger charge is 2.32. The van der Waals surface area contributed by atoms with Gasteiger partial charge in [-0.05, 0) is 42.3 Å². The summed E-state index contributed by atoms with van der Waals surface area (Å²) in [7, 11) is 0. The normalized spacial score (nSPS) is 18.8. The summed E-state index contributed by atoms with van der Waals surface area (Å²) in [5, 5.41) is 17.2. The highest BCUT2D eigenvalue weighted by Crippen LogP contribution is 2.31. The Bertz CT molecular complexity index is 1160. The molecule has 3 heterocycles. The first-order chi connectivity index (χ1) is 15.4. The molecule has 1 fully saturated rings. The fourth-order valence-corrected chi connectivity index (χ4v) is 3.90. The number of amides is 1. The number of nitrogens with one attached hydrogen (secondary N) is 1. The number of carbonyl (C=O) groups is 1. The van der Waals surface area contributed by atoms with Gasteiger partial charge in [0.05, 0.1) is 24.2 Å². The summed E-state index contributed by atoms with van der Waals surface area (Å²) in [4.78, 5) is 17.9. The van der Waals surface area contributed by atoms with Crippen LogP contribution in [0.1, 0.15) is 28.4 Å². The Balaban J connectivity index is 1.52. The fraction of sp³-hybridized carbons (Fsp3) is 0.273. The van der Waals surface area contributed by atoms with Crippen LogP contribution in [0.25, 0.3) is 0 Å². The maximum atomic E-state index is 13.4. The van der Waals surface area contributed by atoms with E-state index in [2.05, 4.69) is 26.4 Å². The van der Waals surface area contributed by atoms with Crippen molar-refractivity contribution >= 4 is 17.4 Å². The van der Waals surface area contributed by atoms with Crippen LogP contribution in [0.4, 0.5) is 20.3 Å². The Labute approximate surface area is 183 Å². The topological polar surface area (TPSA) is 113 Å². The Morgan fingerprint density at radius 1 is 1.25 bits per heavy atom. The molecule has 1 aromatic carbocycles. The zero-order valence-electron chi connectivity index (χ0n) is 17.1. The number of piperidine rings is 1. The van der Waals surface area contributed by atoms with Crippen LogP contribution in [0, 0.1) is 28.9 Å². The summed E-state index contributed by atoms with van der Waals surface area (Å²) in [6, 6.07) is 9.12. The smallest absolute Gasteiger partial charge is 0.254 e. The van der Waals surface area contributed by atoms with Gasteiger partial charge in [0.2, 0.25) is 0 Å². The minimum atomic E-state index is -0.662. The lowest BCUT2D eigenvalue weighted by molar-refractivity contribution is 0.100. The molecule has 2 unspecified atom stereocenters. The lowest BCUT2D eigenvalue weighted by Gasteiger charge is -2.35. The number of pyridine rings is 1. The van der Waals surface area contributed by atoms with Gasteiger partial charge in [0.25, 0.3) is 5.91 Å². The SMILES string of the molecule is N#CC1CN(Cc2cncc(F)c2)CCC1n1cc(C(N)=O)c(Nc2ccc(F)cc2)n1. The number of nitriles is 1. The van der Waals surface area contributed by atoms with E-state index in [0.717, 1.165) is 11.8 Å². The van der Waals surface area contributed by atoms with E-state index in [-0.39, 0.29) is 23.2 Å². The largest absolute Gasteiger partial charge is 0.365 e. The molecule has 164 valence electrons. The Morgan fingerprint density at radius 2 is 2.03 bits per heavy atom. The first-order valence-corrected chi connectivity index (χ1v) is 10.1. The van der Waals surface area contributed by atoms with E-state index in [0.29, 0.717) is 31.7 Å². The summed E-state index contributed by atoms with van der Waals surface area (Å²) in [6.07, 6.45) is 4.90. The van der Waals surface area contributed by atoms with Crippen molar-refractivity contribution < 1.29 is 13.6 Å². The number of halogens is 2. The van der Waals surface area contributed by atoms with Gasteiger partial charge in [-0.15, -0.1) is 0 Å². The number of aromatic nitrogens is 3. The van der Waals surface area contributed by atoms with Crippen molar-refractivity contribution in [2.24, 2.45) is 11.7 Å². The van der Waals surface area contributed by atoms with Gasteiger partial charge in [0.1, 0.15) is 17.2 Å². The van der Waals surface area contributed by atoms with Crippen LogP contribution in [0.5, 0.6) is 0 Å². The van der Waals surface area contributed by atoms with E-state index in [1.54, 1.807) is 10.9 Å². The zero-order valence-corrected chi connectivity index (χ0v) is 17.1. The molecule has 4 rings (SSSR count). The van der Waals surface area contributed by atoms with E-state index < -0.39 is 17.6 Å². The minimum absolute atomic E-state index is 0.180. The second-order valence-electron chi connectivity index (χ2n) is 7.71. The molecule has 1 amide bonds. The van der Waals surface area contributed by atoms with E-state index in [4.69, 9.17) is 5.73 Å². The summed E-state index contributed by atoms with van der Waals surface area (Å²) < 4.78 is 28.2. The molecular formula is C22H21F2N7O. The first kappa shape index (κ1) is 21.4. The highest BCUT2D eigenvalue weighted by atomic mass is 19.1. The second-order valence-corrected chi connectivity index (χ2v) is 7.71. The number of nitrogens with two attached hydrogens (primary N) is 1. The second kappa shape index (κ2) is 9.11. The van der Waals surface area contributed by atoms with E-state index >= 15 is 0 Å². The number of carbonyl (C=O) groups excluding carboxylic acids is 1. The monoisotopic (exact) mass is 437 g/mol. The molecule has 0 aliphatic carbocycles. The van der Waals surface area contributed by atoms with E-state index in [1.807, 2.05) is 0 Å². The summed E-state index contributed by atoms with van der Waals surface area (Å²) in [6.45, 7) is 1.61. The van der Waals surface area contributed by atoms with Gasteiger partial charge in [0.15, 0.2) is 5.82 Å². The van der Waals surface area contributed by atoms with Crippen molar-refractivity contribution in [3.05, 3.63) is 71.7 Å². The van der Waals surface area contributed by atoms with Crippen LogP contribution in [-0.4, -0.2) is 38.7 Å². The number of primary amides is 1. The van der Waals surface area contributed by atoms with Crippen LogP contribution < -0.4 is 11.1 Å². The molecule has 10 heteroatoms. The summed E-state index contributed by atoms with van der Waals surface area (Å²) >= 11 is 0. The van der Waals surface area contributed by atoms with Crippen molar-refractivity contribution in [1.29, 1.82) is 5.26 Å². The highest BCUT2D eigenvalue weighted by molar-refractivity contribution is 5.98. The third kappa shape index (κ3) is 4.73. The molecule has 0 spiro atoms. The van der Waals surface area contributed by atoms with Crippen molar-refractivity contribution in [2.45, 2.75) is 19.0 Å².